The molecule has 2 aromatic rings. The lowest BCUT2D eigenvalue weighted by atomic mass is 9.93. The van der Waals surface area contributed by atoms with Crippen LogP contribution in [0, 0.1) is 6.92 Å². The molecule has 0 amide bonds. The average molecular weight is 248 g/mol. The highest BCUT2D eigenvalue weighted by Gasteiger charge is 2.17. The molecule has 1 aliphatic carbocycles. The highest BCUT2D eigenvalue weighted by atomic mass is 35.5. The predicted molar refractivity (Wildman–Crippen MR) is 71.0 cm³/mol. The van der Waals surface area contributed by atoms with E-state index in [0.717, 1.165) is 53.4 Å². The summed E-state index contributed by atoms with van der Waals surface area (Å²) in [4.78, 5) is 15.8. The maximum absolute atomic E-state index is 12.5. The second-order valence-electron chi connectivity index (χ2n) is 4.73. The molecule has 88 valence electrons. The zero-order chi connectivity index (χ0) is 12.0. The summed E-state index contributed by atoms with van der Waals surface area (Å²) in [6.07, 6.45) is 4.12. The third-order valence-electron chi connectivity index (χ3n) is 3.61. The number of aromatic amines is 1. The van der Waals surface area contributed by atoms with Crippen LogP contribution in [0.2, 0.25) is 5.02 Å². The van der Waals surface area contributed by atoms with E-state index in [0.29, 0.717) is 5.02 Å². The molecule has 0 aliphatic heterocycles. The van der Waals surface area contributed by atoms with E-state index in [2.05, 4.69) is 4.98 Å². The van der Waals surface area contributed by atoms with Gasteiger partial charge in [0.25, 0.3) is 0 Å². The summed E-state index contributed by atoms with van der Waals surface area (Å²) in [6.45, 7) is 1.96. The molecule has 3 heteroatoms. The highest BCUT2D eigenvalue weighted by Crippen LogP contribution is 2.26. The minimum atomic E-state index is 0.174. The van der Waals surface area contributed by atoms with Crippen LogP contribution in [-0.2, 0) is 12.8 Å². The molecule has 0 saturated carbocycles. The van der Waals surface area contributed by atoms with Gasteiger partial charge in [0.2, 0.25) is 0 Å². The number of aryl methyl sites for hydroxylation is 2. The largest absolute Gasteiger partial charge is 0.357 e. The molecular weight excluding hydrogens is 234 g/mol. The number of halogens is 1. The number of benzene rings is 1. The Morgan fingerprint density at radius 2 is 2.00 bits per heavy atom. The van der Waals surface area contributed by atoms with Gasteiger partial charge in [-0.1, -0.05) is 17.7 Å². The Balaban J connectivity index is 2.48. The van der Waals surface area contributed by atoms with Crippen molar-refractivity contribution in [3.63, 3.8) is 0 Å². The van der Waals surface area contributed by atoms with Crippen LogP contribution < -0.4 is 5.43 Å². The molecule has 0 spiro atoms. The highest BCUT2D eigenvalue weighted by molar-refractivity contribution is 6.35. The molecule has 0 radical (unpaired) electrons. The molecular formula is C14H14ClNO. The first kappa shape index (κ1) is 10.8. The topological polar surface area (TPSA) is 32.9 Å². The Morgan fingerprint density at radius 3 is 2.82 bits per heavy atom. The molecule has 1 N–H and O–H groups in total. The Hall–Kier alpha value is -1.28. The van der Waals surface area contributed by atoms with Crippen LogP contribution in [0.3, 0.4) is 0 Å². The van der Waals surface area contributed by atoms with Gasteiger partial charge in [-0.05, 0) is 44.2 Å². The van der Waals surface area contributed by atoms with Crippen LogP contribution >= 0.6 is 11.6 Å². The smallest absolute Gasteiger partial charge is 0.193 e. The zero-order valence-electron chi connectivity index (χ0n) is 9.77. The lowest BCUT2D eigenvalue weighted by molar-refractivity contribution is 0.667. The Bertz CT molecular complexity index is 657. The van der Waals surface area contributed by atoms with E-state index in [1.807, 2.05) is 19.1 Å². The van der Waals surface area contributed by atoms with Crippen molar-refractivity contribution >= 4 is 22.5 Å². The minimum absolute atomic E-state index is 0.174. The standard InChI is InChI=1S/C14H14ClNO/c1-8-6-7-10(15)13-12(8)14(17)9-4-2-3-5-11(9)16-13/h6-7H,2-5H2,1H3,(H,16,17). The van der Waals surface area contributed by atoms with Crippen molar-refractivity contribution < 1.29 is 0 Å². The monoisotopic (exact) mass is 247 g/mol. The maximum atomic E-state index is 12.5. The number of H-pyrrole nitrogens is 1. The van der Waals surface area contributed by atoms with Crippen molar-refractivity contribution in [3.8, 4) is 0 Å². The van der Waals surface area contributed by atoms with E-state index in [-0.39, 0.29) is 5.43 Å². The Morgan fingerprint density at radius 1 is 1.24 bits per heavy atom. The quantitative estimate of drug-likeness (QED) is 0.761. The third-order valence-corrected chi connectivity index (χ3v) is 3.92. The lowest BCUT2D eigenvalue weighted by Crippen LogP contribution is -2.19. The van der Waals surface area contributed by atoms with Gasteiger partial charge in [-0.15, -0.1) is 0 Å². The molecule has 0 unspecified atom stereocenters. The van der Waals surface area contributed by atoms with Crippen LogP contribution in [0.15, 0.2) is 16.9 Å². The maximum Gasteiger partial charge on any atom is 0.193 e. The predicted octanol–water partition coefficient (Wildman–Crippen LogP) is 3.37. The zero-order valence-corrected chi connectivity index (χ0v) is 10.5. The van der Waals surface area contributed by atoms with Crippen molar-refractivity contribution in [1.29, 1.82) is 0 Å². The van der Waals surface area contributed by atoms with Crippen LogP contribution in [-0.4, -0.2) is 4.98 Å². The van der Waals surface area contributed by atoms with Crippen LogP contribution in [0.4, 0.5) is 0 Å². The Labute approximate surface area is 105 Å². The molecule has 1 aromatic heterocycles. The molecule has 0 fully saturated rings. The van der Waals surface area contributed by atoms with Gasteiger partial charge in [0, 0.05) is 11.3 Å². The molecule has 2 nitrogen and oxygen atoms in total. The molecule has 3 rings (SSSR count). The summed E-state index contributed by atoms with van der Waals surface area (Å²) in [7, 11) is 0. The summed E-state index contributed by atoms with van der Waals surface area (Å²) >= 11 is 6.17. The van der Waals surface area contributed by atoms with E-state index in [9.17, 15) is 4.79 Å². The number of hydrogen-bond donors (Lipinski definition) is 1. The van der Waals surface area contributed by atoms with Crippen molar-refractivity contribution in [1.82, 2.24) is 4.98 Å². The van der Waals surface area contributed by atoms with Gasteiger partial charge < -0.3 is 4.98 Å². The summed E-state index contributed by atoms with van der Waals surface area (Å²) < 4.78 is 0. The molecule has 1 heterocycles. The van der Waals surface area contributed by atoms with E-state index in [1.54, 1.807) is 0 Å². The van der Waals surface area contributed by atoms with Gasteiger partial charge in [-0.3, -0.25) is 4.79 Å². The second-order valence-corrected chi connectivity index (χ2v) is 5.14. The summed E-state index contributed by atoms with van der Waals surface area (Å²) in [5, 5.41) is 1.40. The molecule has 17 heavy (non-hydrogen) atoms. The first-order valence-corrected chi connectivity index (χ1v) is 6.39. The van der Waals surface area contributed by atoms with E-state index < -0.39 is 0 Å². The number of fused-ring (bicyclic) bond motifs is 2. The fourth-order valence-corrected chi connectivity index (χ4v) is 2.90. The van der Waals surface area contributed by atoms with Crippen LogP contribution in [0.5, 0.6) is 0 Å². The second kappa shape index (κ2) is 3.88. The van der Waals surface area contributed by atoms with Gasteiger partial charge in [-0.25, -0.2) is 0 Å². The summed E-state index contributed by atoms with van der Waals surface area (Å²) in [5.41, 5.74) is 4.03. The van der Waals surface area contributed by atoms with Gasteiger partial charge in [0.1, 0.15) is 0 Å². The first-order chi connectivity index (χ1) is 8.18. The van der Waals surface area contributed by atoms with E-state index in [1.165, 1.54) is 0 Å². The van der Waals surface area contributed by atoms with Gasteiger partial charge >= 0.3 is 0 Å². The van der Waals surface area contributed by atoms with Crippen molar-refractivity contribution in [2.75, 3.05) is 0 Å². The summed E-state index contributed by atoms with van der Waals surface area (Å²) in [5.74, 6) is 0. The van der Waals surface area contributed by atoms with Crippen molar-refractivity contribution in [3.05, 3.63) is 44.2 Å². The SMILES string of the molecule is Cc1ccc(Cl)c2[nH]c3c(c(=O)c12)CCCC3. The van der Waals surface area contributed by atoms with Crippen molar-refractivity contribution in [2.24, 2.45) is 0 Å². The molecule has 0 saturated heterocycles. The van der Waals surface area contributed by atoms with E-state index in [4.69, 9.17) is 11.6 Å². The van der Waals surface area contributed by atoms with Gasteiger partial charge in [-0.2, -0.15) is 0 Å². The van der Waals surface area contributed by atoms with E-state index >= 15 is 0 Å². The minimum Gasteiger partial charge on any atom is -0.357 e. The molecule has 0 atom stereocenters. The van der Waals surface area contributed by atoms with Crippen molar-refractivity contribution in [2.45, 2.75) is 32.6 Å². The number of rotatable bonds is 0. The fourth-order valence-electron chi connectivity index (χ4n) is 2.69. The average Bonchev–Trinajstić information content (AvgIpc) is 2.34. The van der Waals surface area contributed by atoms with Gasteiger partial charge in [0.15, 0.2) is 5.43 Å². The normalized spacial score (nSPS) is 14.9. The van der Waals surface area contributed by atoms with Gasteiger partial charge in [0.05, 0.1) is 15.9 Å². The van der Waals surface area contributed by atoms with Crippen LogP contribution in [0.1, 0.15) is 29.7 Å². The Kier molecular flexibility index (Phi) is 2.48. The third kappa shape index (κ3) is 1.59. The summed E-state index contributed by atoms with van der Waals surface area (Å²) in [6, 6.07) is 3.76. The number of hydrogen-bond acceptors (Lipinski definition) is 1. The molecule has 0 bridgehead atoms. The number of nitrogens with one attached hydrogen (secondary N) is 1. The lowest BCUT2D eigenvalue weighted by Gasteiger charge is -2.17. The number of pyridine rings is 1. The first-order valence-electron chi connectivity index (χ1n) is 6.01. The molecule has 1 aromatic carbocycles. The fraction of sp³-hybridized carbons (Fsp3) is 0.357. The van der Waals surface area contributed by atoms with Crippen LogP contribution in [0.25, 0.3) is 10.9 Å². The molecule has 1 aliphatic rings. The number of aromatic nitrogens is 1.